The first kappa shape index (κ1) is 49.8. The molecule has 57 heavy (non-hydrogen) atoms. The van der Waals surface area contributed by atoms with Gasteiger partial charge in [-0.15, -0.1) is 6.58 Å². The summed E-state index contributed by atoms with van der Waals surface area (Å²) in [6, 6.07) is -0.0301. The van der Waals surface area contributed by atoms with E-state index in [9.17, 15) is 14.7 Å². The smallest absolute Gasteiger partial charge is 0.311 e. The minimum absolute atomic E-state index is 0.0301. The molecule has 3 saturated heterocycles. The van der Waals surface area contributed by atoms with Crippen LogP contribution in [0.15, 0.2) is 12.7 Å². The lowest BCUT2D eigenvalue weighted by atomic mass is 9.73. The molecule has 0 aromatic rings. The molecule has 0 aromatic carbocycles. The molecule has 14 nitrogen and oxygen atoms in total. The van der Waals surface area contributed by atoms with Gasteiger partial charge in [0.05, 0.1) is 54.2 Å². The quantitative estimate of drug-likeness (QED) is 0.197. The Morgan fingerprint density at radius 3 is 1.98 bits per heavy atom. The van der Waals surface area contributed by atoms with E-state index in [0.717, 1.165) is 6.42 Å². The van der Waals surface area contributed by atoms with Crippen LogP contribution < -0.4 is 0 Å². The average molecular weight is 816 g/mol. The summed E-state index contributed by atoms with van der Waals surface area (Å²) in [6.45, 7) is 22.3. The van der Waals surface area contributed by atoms with Crippen molar-refractivity contribution in [3.8, 4) is 0 Å². The number of nitrogens with zero attached hydrogens (tertiary/aromatic N) is 1. The molecule has 0 radical (unpaired) electrons. The van der Waals surface area contributed by atoms with E-state index in [1.165, 1.54) is 0 Å². The Bertz CT molecular complexity index is 1300. The van der Waals surface area contributed by atoms with Crippen LogP contribution in [0.25, 0.3) is 0 Å². The van der Waals surface area contributed by atoms with Gasteiger partial charge in [0, 0.05) is 58.7 Å². The van der Waals surface area contributed by atoms with Crippen LogP contribution in [0.5, 0.6) is 0 Å². The SMILES string of the molecule is C=CCO[C@@H]1[C@@H](C)C(=O)[C@H](C)C[C@](C)(OC)[C@H](O[C@@H]2O[C@H](C)C[C@H](N(C)C)[C@H]2OC)[C@@H](C)[C@H](O[C@H]2C[C@@](C)(OC)[C@@H](OC)[C@H](C)O2)[C@@H](C)C(=O)O[C@H](CC)[C@@]1(C)O. The van der Waals surface area contributed by atoms with Gasteiger partial charge < -0.3 is 57.4 Å². The maximum absolute atomic E-state index is 14.5. The number of rotatable bonds is 13. The summed E-state index contributed by atoms with van der Waals surface area (Å²) < 4.78 is 63.8. The molecule has 3 rings (SSSR count). The van der Waals surface area contributed by atoms with E-state index in [2.05, 4.69) is 11.5 Å². The molecule has 3 aliphatic rings. The first-order valence-electron chi connectivity index (χ1n) is 20.7. The topological polar surface area (TPSA) is 150 Å². The number of aliphatic hydroxyl groups is 1. The Morgan fingerprint density at radius 2 is 1.46 bits per heavy atom. The normalized spacial score (nSPS) is 45.7. The third-order valence-corrected chi connectivity index (χ3v) is 13.1. The second-order valence-corrected chi connectivity index (χ2v) is 17.7. The highest BCUT2D eigenvalue weighted by atomic mass is 16.7. The summed E-state index contributed by atoms with van der Waals surface area (Å²) >= 11 is 0. The maximum Gasteiger partial charge on any atom is 0.311 e. The van der Waals surface area contributed by atoms with E-state index in [0.29, 0.717) is 6.42 Å². The molecular formula is C43H77NO13. The number of carbonyl (C=O) groups is 2. The highest BCUT2D eigenvalue weighted by Crippen LogP contribution is 2.42. The van der Waals surface area contributed by atoms with Crippen molar-refractivity contribution in [2.45, 2.75) is 179 Å². The Morgan fingerprint density at radius 1 is 0.842 bits per heavy atom. The third-order valence-electron chi connectivity index (χ3n) is 13.1. The van der Waals surface area contributed by atoms with Gasteiger partial charge in [0.1, 0.15) is 29.7 Å². The molecule has 3 heterocycles. The minimum atomic E-state index is -1.76. The summed E-state index contributed by atoms with van der Waals surface area (Å²) in [5, 5.41) is 12.2. The van der Waals surface area contributed by atoms with Crippen LogP contribution in [-0.2, 0) is 57.0 Å². The van der Waals surface area contributed by atoms with E-state index >= 15 is 0 Å². The monoisotopic (exact) mass is 816 g/mol. The number of esters is 1. The molecule has 0 aliphatic carbocycles. The van der Waals surface area contributed by atoms with Crippen LogP contribution in [0.4, 0.5) is 0 Å². The molecule has 18 atom stereocenters. The molecule has 0 spiro atoms. The molecule has 0 saturated carbocycles. The van der Waals surface area contributed by atoms with Crippen molar-refractivity contribution in [1.82, 2.24) is 4.90 Å². The predicted molar refractivity (Wildman–Crippen MR) is 215 cm³/mol. The van der Waals surface area contributed by atoms with Crippen molar-refractivity contribution in [3.05, 3.63) is 12.7 Å². The third kappa shape index (κ3) is 11.0. The van der Waals surface area contributed by atoms with Crippen molar-refractivity contribution >= 4 is 11.8 Å². The summed E-state index contributed by atoms with van der Waals surface area (Å²) in [5.74, 6) is -3.69. The van der Waals surface area contributed by atoms with E-state index in [-0.39, 0.29) is 43.5 Å². The number of ether oxygens (including phenoxy) is 10. The van der Waals surface area contributed by atoms with Crippen LogP contribution in [0.2, 0.25) is 0 Å². The number of cyclic esters (lactones) is 1. The Balaban J connectivity index is 2.28. The van der Waals surface area contributed by atoms with Gasteiger partial charge in [-0.25, -0.2) is 0 Å². The Labute approximate surface area is 342 Å². The van der Waals surface area contributed by atoms with E-state index in [4.69, 9.17) is 47.4 Å². The lowest BCUT2D eigenvalue weighted by Crippen LogP contribution is -2.62. The number of hydrogen-bond donors (Lipinski definition) is 1. The molecule has 3 aliphatic heterocycles. The molecule has 3 fully saturated rings. The number of Topliss-reactive ketones (excluding diaryl/α,β-unsaturated/α-hetero) is 1. The van der Waals surface area contributed by atoms with Crippen molar-refractivity contribution < 1.29 is 62.1 Å². The molecule has 0 bridgehead atoms. The predicted octanol–water partition coefficient (Wildman–Crippen LogP) is 4.96. The number of hydrogen-bond acceptors (Lipinski definition) is 14. The Hall–Kier alpha value is -1.56. The van der Waals surface area contributed by atoms with Crippen LogP contribution >= 0.6 is 0 Å². The van der Waals surface area contributed by atoms with Crippen molar-refractivity contribution in [1.29, 1.82) is 0 Å². The fourth-order valence-corrected chi connectivity index (χ4v) is 9.73. The molecule has 0 aromatic heterocycles. The number of ketones is 1. The second-order valence-electron chi connectivity index (χ2n) is 17.7. The minimum Gasteiger partial charge on any atom is -0.459 e. The standard InChI is InChI=1S/C43H77NO13/c1-18-20-52-37-26(5)33(45)24(3)22-41(9,50-16)36(57-40-35(48-14)30(44(12)13)21-25(4)53-40)27(6)34(28(7)39(46)55-31(19-2)43(37,11)47)56-32-23-42(10,51-17)38(49-15)29(8)54-32/h18,24-32,34-38,40,47H,1,19-23H2,2-17H3/t24-,25-,26+,27+,28-,29+,30+,31-,32+,34+,35-,36-,37-,38+,40+,41+,42-,43-/m1/s1. The van der Waals surface area contributed by atoms with Crippen molar-refractivity contribution in [2.24, 2.45) is 23.7 Å². The van der Waals surface area contributed by atoms with Gasteiger partial charge >= 0.3 is 5.97 Å². The summed E-state index contributed by atoms with van der Waals surface area (Å²) in [6.07, 6.45) is -3.90. The molecule has 332 valence electrons. The highest BCUT2D eigenvalue weighted by Gasteiger charge is 2.54. The highest BCUT2D eigenvalue weighted by molar-refractivity contribution is 5.83. The molecule has 0 amide bonds. The molecule has 1 N–H and O–H groups in total. The van der Waals surface area contributed by atoms with E-state index < -0.39 is 95.6 Å². The van der Waals surface area contributed by atoms with Gasteiger partial charge in [0.25, 0.3) is 0 Å². The fraction of sp³-hybridized carbons (Fsp3) is 0.907. The number of likely N-dealkylation sites (N-methyl/N-ethyl adjacent to an activating group) is 1. The second kappa shape index (κ2) is 20.8. The van der Waals surface area contributed by atoms with Crippen molar-refractivity contribution in [2.75, 3.05) is 49.1 Å². The largest absolute Gasteiger partial charge is 0.459 e. The lowest BCUT2D eigenvalue weighted by molar-refractivity contribution is -0.322. The first-order chi connectivity index (χ1) is 26.6. The van der Waals surface area contributed by atoms with E-state index in [1.54, 1.807) is 55.3 Å². The summed E-state index contributed by atoms with van der Waals surface area (Å²) in [7, 11) is 10.5. The summed E-state index contributed by atoms with van der Waals surface area (Å²) in [5.41, 5.74) is -3.69. The van der Waals surface area contributed by atoms with Gasteiger partial charge in [-0.05, 0) is 74.9 Å². The van der Waals surface area contributed by atoms with Crippen LogP contribution in [0.3, 0.4) is 0 Å². The lowest BCUT2D eigenvalue weighted by Gasteiger charge is -2.50. The van der Waals surface area contributed by atoms with Gasteiger partial charge in [-0.3, -0.25) is 9.59 Å². The number of methoxy groups -OCH3 is 4. The molecule has 0 unspecified atom stereocenters. The Kier molecular flexibility index (Phi) is 18.2. The zero-order valence-electron chi connectivity index (χ0n) is 37.8. The number of carbonyl (C=O) groups excluding carboxylic acids is 2. The maximum atomic E-state index is 14.5. The van der Waals surface area contributed by atoms with Gasteiger partial charge in [-0.2, -0.15) is 0 Å². The zero-order valence-corrected chi connectivity index (χ0v) is 37.8. The average Bonchev–Trinajstić information content (AvgIpc) is 3.16. The van der Waals surface area contributed by atoms with Gasteiger partial charge in [-0.1, -0.05) is 33.8 Å². The van der Waals surface area contributed by atoms with Crippen LogP contribution in [-0.4, -0.2) is 155 Å². The summed E-state index contributed by atoms with van der Waals surface area (Å²) in [4.78, 5) is 31.1. The van der Waals surface area contributed by atoms with Gasteiger partial charge in [0.2, 0.25) is 0 Å². The van der Waals surface area contributed by atoms with Crippen LogP contribution in [0.1, 0.15) is 94.9 Å². The van der Waals surface area contributed by atoms with Crippen molar-refractivity contribution in [3.63, 3.8) is 0 Å². The van der Waals surface area contributed by atoms with E-state index in [1.807, 2.05) is 62.6 Å². The van der Waals surface area contributed by atoms with Crippen LogP contribution in [0, 0.1) is 23.7 Å². The van der Waals surface area contributed by atoms with Gasteiger partial charge in [0.15, 0.2) is 12.6 Å². The molecule has 14 heteroatoms. The first-order valence-corrected chi connectivity index (χ1v) is 20.7. The zero-order chi connectivity index (χ0) is 43.2. The molecular weight excluding hydrogens is 738 g/mol. The fourth-order valence-electron chi connectivity index (χ4n) is 9.73.